The van der Waals surface area contributed by atoms with Crippen LogP contribution >= 0.6 is 34.2 Å². The van der Waals surface area contributed by atoms with E-state index in [1.807, 2.05) is 6.07 Å². The van der Waals surface area contributed by atoms with Crippen molar-refractivity contribution in [3.05, 3.63) is 44.0 Å². The maximum atomic E-state index is 6.24. The second kappa shape index (κ2) is 9.16. The fourth-order valence-corrected chi connectivity index (χ4v) is 3.77. The van der Waals surface area contributed by atoms with Crippen LogP contribution in [0.1, 0.15) is 63.5 Å². The average molecular weight is 418 g/mol. The fourth-order valence-electron chi connectivity index (χ4n) is 2.94. The van der Waals surface area contributed by atoms with Gasteiger partial charge in [0.1, 0.15) is 0 Å². The Balaban J connectivity index is 2.29. The zero-order valence-electron chi connectivity index (χ0n) is 12.8. The second-order valence-corrected chi connectivity index (χ2v) is 7.38. The lowest BCUT2D eigenvalue weighted by atomic mass is 9.91. The van der Waals surface area contributed by atoms with Crippen LogP contribution < -0.4 is 5.32 Å². The Morgan fingerprint density at radius 1 is 1.24 bits per heavy atom. The molecule has 1 aromatic carbocycles. The summed E-state index contributed by atoms with van der Waals surface area (Å²) in [4.78, 5) is 0. The average Bonchev–Trinajstić information content (AvgIpc) is 2.44. The molecule has 1 nitrogen and oxygen atoms in total. The Hall–Kier alpha value is -0.0600. The van der Waals surface area contributed by atoms with Crippen LogP contribution in [-0.4, -0.2) is 6.54 Å². The molecule has 0 spiro atoms. The first-order valence-corrected chi connectivity index (χ1v) is 9.55. The highest BCUT2D eigenvalue weighted by atomic mass is 127. The molecule has 0 aliphatic heterocycles. The minimum absolute atomic E-state index is 0.327. The SMILES string of the molecule is CCCNC(/C1=C/CCCCCC1)c1cc(Cl)ccc1I. The third-order valence-electron chi connectivity index (χ3n) is 4.06. The molecule has 0 radical (unpaired) electrons. The first kappa shape index (κ1) is 17.3. The number of halogens is 2. The molecule has 1 aliphatic rings. The van der Waals surface area contributed by atoms with Gasteiger partial charge in [-0.15, -0.1) is 0 Å². The zero-order chi connectivity index (χ0) is 15.1. The fraction of sp³-hybridized carbons (Fsp3) is 0.556. The van der Waals surface area contributed by atoms with Crippen molar-refractivity contribution in [2.75, 3.05) is 6.54 Å². The highest BCUT2D eigenvalue weighted by Gasteiger charge is 2.19. The largest absolute Gasteiger partial charge is 0.307 e. The van der Waals surface area contributed by atoms with Crippen molar-refractivity contribution >= 4 is 34.2 Å². The Morgan fingerprint density at radius 2 is 2.05 bits per heavy atom. The van der Waals surface area contributed by atoms with Crippen molar-refractivity contribution in [2.45, 2.75) is 57.9 Å². The minimum Gasteiger partial charge on any atom is -0.307 e. The van der Waals surface area contributed by atoms with Gasteiger partial charge in [0, 0.05) is 8.59 Å². The highest BCUT2D eigenvalue weighted by Crippen LogP contribution is 2.32. The van der Waals surface area contributed by atoms with Crippen LogP contribution in [0.2, 0.25) is 5.02 Å². The predicted molar refractivity (Wildman–Crippen MR) is 101 cm³/mol. The topological polar surface area (TPSA) is 12.0 Å². The van der Waals surface area contributed by atoms with Crippen molar-refractivity contribution in [3.63, 3.8) is 0 Å². The third-order valence-corrected chi connectivity index (χ3v) is 5.28. The molecule has 1 atom stereocenters. The predicted octanol–water partition coefficient (Wildman–Crippen LogP) is 6.27. The quantitative estimate of drug-likeness (QED) is 0.440. The van der Waals surface area contributed by atoms with Crippen molar-refractivity contribution in [1.82, 2.24) is 5.32 Å². The van der Waals surface area contributed by atoms with Gasteiger partial charge in [0.05, 0.1) is 6.04 Å². The Labute approximate surface area is 147 Å². The molecule has 116 valence electrons. The molecule has 0 amide bonds. The van der Waals surface area contributed by atoms with Crippen LogP contribution in [0.25, 0.3) is 0 Å². The minimum atomic E-state index is 0.327. The number of hydrogen-bond acceptors (Lipinski definition) is 1. The van der Waals surface area contributed by atoms with Gasteiger partial charge in [-0.3, -0.25) is 0 Å². The van der Waals surface area contributed by atoms with Crippen LogP contribution in [0, 0.1) is 3.57 Å². The Kier molecular flexibility index (Phi) is 7.55. The second-order valence-electron chi connectivity index (χ2n) is 5.78. The van der Waals surface area contributed by atoms with Gasteiger partial charge in [0.15, 0.2) is 0 Å². The number of nitrogens with one attached hydrogen (secondary N) is 1. The van der Waals surface area contributed by atoms with Crippen LogP contribution in [0.5, 0.6) is 0 Å². The summed E-state index contributed by atoms with van der Waals surface area (Å²) >= 11 is 8.67. The molecule has 2 rings (SSSR count). The van der Waals surface area contributed by atoms with Gasteiger partial charge in [0.2, 0.25) is 0 Å². The summed E-state index contributed by atoms with van der Waals surface area (Å²) < 4.78 is 1.30. The first-order valence-electron chi connectivity index (χ1n) is 8.09. The maximum absolute atomic E-state index is 6.24. The van der Waals surface area contributed by atoms with Crippen molar-refractivity contribution in [2.24, 2.45) is 0 Å². The smallest absolute Gasteiger partial charge is 0.0547 e. The molecule has 1 unspecified atom stereocenters. The molecule has 0 bridgehead atoms. The lowest BCUT2D eigenvalue weighted by Crippen LogP contribution is -2.25. The van der Waals surface area contributed by atoms with Crippen molar-refractivity contribution in [1.29, 1.82) is 0 Å². The van der Waals surface area contributed by atoms with Crippen molar-refractivity contribution < 1.29 is 0 Å². The van der Waals surface area contributed by atoms with Gasteiger partial charge in [-0.2, -0.15) is 0 Å². The van der Waals surface area contributed by atoms with Crippen molar-refractivity contribution in [3.8, 4) is 0 Å². The molecule has 1 aliphatic carbocycles. The van der Waals surface area contributed by atoms with Gasteiger partial charge < -0.3 is 5.32 Å². The number of rotatable bonds is 5. The molecule has 0 saturated heterocycles. The summed E-state index contributed by atoms with van der Waals surface area (Å²) in [6.07, 6.45) is 11.4. The summed E-state index contributed by atoms with van der Waals surface area (Å²) in [7, 11) is 0. The normalized spacial score (nSPS) is 20.2. The molecular formula is C18H25ClIN. The van der Waals surface area contributed by atoms with E-state index in [1.165, 1.54) is 47.7 Å². The molecule has 0 saturated carbocycles. The van der Waals surface area contributed by atoms with E-state index in [-0.39, 0.29) is 0 Å². The van der Waals surface area contributed by atoms with Crippen LogP contribution in [0.15, 0.2) is 29.8 Å². The maximum Gasteiger partial charge on any atom is 0.0547 e. The van der Waals surface area contributed by atoms with Gasteiger partial charge in [-0.25, -0.2) is 0 Å². The Morgan fingerprint density at radius 3 is 2.86 bits per heavy atom. The van der Waals surface area contributed by atoms with Crippen LogP contribution in [-0.2, 0) is 0 Å². The van der Waals surface area contributed by atoms with E-state index in [4.69, 9.17) is 11.6 Å². The highest BCUT2D eigenvalue weighted by molar-refractivity contribution is 14.1. The summed E-state index contributed by atoms with van der Waals surface area (Å²) in [6, 6.07) is 6.57. The number of allylic oxidation sites excluding steroid dienone is 1. The van der Waals surface area contributed by atoms with Gasteiger partial charge in [0.25, 0.3) is 0 Å². The van der Waals surface area contributed by atoms with Gasteiger partial charge in [-0.05, 0) is 85.0 Å². The number of benzene rings is 1. The standard InChI is InChI=1S/C18H25ClIN/c1-2-12-21-18(14-8-6-4-3-5-7-9-14)16-13-15(19)10-11-17(16)20/h8,10-11,13,18,21H,2-7,9,12H2,1H3/b14-8+. The molecule has 1 N–H and O–H groups in total. The van der Waals surface area contributed by atoms with E-state index >= 15 is 0 Å². The van der Waals surface area contributed by atoms with E-state index in [0.717, 1.165) is 18.0 Å². The van der Waals surface area contributed by atoms with E-state index < -0.39 is 0 Å². The molecular weight excluding hydrogens is 393 g/mol. The van der Waals surface area contributed by atoms with E-state index in [1.54, 1.807) is 5.57 Å². The van der Waals surface area contributed by atoms with E-state index in [9.17, 15) is 0 Å². The molecule has 21 heavy (non-hydrogen) atoms. The molecule has 1 aromatic rings. The Bertz CT molecular complexity index is 484. The molecule has 0 fully saturated rings. The van der Waals surface area contributed by atoms with Crippen LogP contribution in [0.3, 0.4) is 0 Å². The lowest BCUT2D eigenvalue weighted by molar-refractivity contribution is 0.539. The van der Waals surface area contributed by atoms with E-state index in [0.29, 0.717) is 6.04 Å². The molecule has 0 aromatic heterocycles. The van der Waals surface area contributed by atoms with Crippen LogP contribution in [0.4, 0.5) is 0 Å². The molecule has 0 heterocycles. The monoisotopic (exact) mass is 417 g/mol. The van der Waals surface area contributed by atoms with E-state index in [2.05, 4.69) is 53.0 Å². The zero-order valence-corrected chi connectivity index (χ0v) is 15.7. The third kappa shape index (κ3) is 5.26. The van der Waals surface area contributed by atoms with Gasteiger partial charge in [-0.1, -0.05) is 43.0 Å². The molecule has 3 heteroatoms. The summed E-state index contributed by atoms with van der Waals surface area (Å²) in [5.74, 6) is 0. The first-order chi connectivity index (χ1) is 10.2. The lowest BCUT2D eigenvalue weighted by Gasteiger charge is -2.25. The summed E-state index contributed by atoms with van der Waals surface area (Å²) in [6.45, 7) is 3.27. The number of hydrogen-bond donors (Lipinski definition) is 1. The summed E-state index contributed by atoms with van der Waals surface area (Å²) in [5, 5.41) is 4.57. The van der Waals surface area contributed by atoms with Gasteiger partial charge >= 0.3 is 0 Å². The summed E-state index contributed by atoms with van der Waals surface area (Å²) in [5.41, 5.74) is 2.90.